The summed E-state index contributed by atoms with van der Waals surface area (Å²) in [6.07, 6.45) is 0. The van der Waals surface area contributed by atoms with Gasteiger partial charge in [0.2, 0.25) is 9.84 Å². The van der Waals surface area contributed by atoms with Crippen molar-refractivity contribution in [3.63, 3.8) is 0 Å². The molecule has 0 aliphatic rings. The van der Waals surface area contributed by atoms with E-state index in [0.29, 0.717) is 34.3 Å². The van der Waals surface area contributed by atoms with Gasteiger partial charge in [-0.25, -0.2) is 18.4 Å². The molecule has 1 N–H and O–H groups in total. The molecule has 1 aromatic heterocycles. The van der Waals surface area contributed by atoms with Crippen LogP contribution in [0, 0.1) is 17.2 Å². The van der Waals surface area contributed by atoms with Gasteiger partial charge in [0.05, 0.1) is 22.0 Å². The Kier molecular flexibility index (Phi) is 5.82. The van der Waals surface area contributed by atoms with Crippen molar-refractivity contribution in [3.05, 3.63) is 59.2 Å². The molecule has 3 aromatic rings. The fourth-order valence-electron chi connectivity index (χ4n) is 2.67. The second-order valence-corrected chi connectivity index (χ2v) is 9.20. The van der Waals surface area contributed by atoms with Gasteiger partial charge in [0, 0.05) is 11.6 Å². The van der Waals surface area contributed by atoms with Crippen molar-refractivity contribution in [2.24, 2.45) is 5.92 Å². The molecule has 6 nitrogen and oxygen atoms in total. The summed E-state index contributed by atoms with van der Waals surface area (Å²) in [7, 11) is -4.01. The summed E-state index contributed by atoms with van der Waals surface area (Å²) in [5.41, 5.74) is 1.24. The lowest BCUT2D eigenvalue weighted by atomic mass is 10.2. The molecule has 2 aromatic carbocycles. The highest BCUT2D eigenvalue weighted by molar-refractivity contribution is 7.92. The van der Waals surface area contributed by atoms with E-state index in [0.717, 1.165) is 0 Å². The van der Waals surface area contributed by atoms with E-state index in [1.165, 1.54) is 24.3 Å². The Balaban J connectivity index is 2.16. The maximum Gasteiger partial charge on any atom is 0.200 e. The number of fused-ring (bicyclic) bond motifs is 1. The van der Waals surface area contributed by atoms with E-state index in [1.54, 1.807) is 18.2 Å². The van der Waals surface area contributed by atoms with Crippen molar-refractivity contribution in [1.29, 1.82) is 5.26 Å². The van der Waals surface area contributed by atoms with Crippen LogP contribution in [0.2, 0.25) is 5.02 Å². The van der Waals surface area contributed by atoms with Crippen LogP contribution in [0.25, 0.3) is 11.0 Å². The summed E-state index contributed by atoms with van der Waals surface area (Å²) in [6, 6.07) is 14.8. The molecule has 28 heavy (non-hydrogen) atoms. The van der Waals surface area contributed by atoms with Crippen LogP contribution in [0.15, 0.2) is 53.4 Å². The number of nitriles is 1. The van der Waals surface area contributed by atoms with Gasteiger partial charge in [0.25, 0.3) is 0 Å². The molecule has 0 fully saturated rings. The highest BCUT2D eigenvalue weighted by Gasteiger charge is 2.33. The monoisotopic (exact) mass is 414 g/mol. The predicted octanol–water partition coefficient (Wildman–Crippen LogP) is 4.39. The highest BCUT2D eigenvalue weighted by Crippen LogP contribution is 2.32. The Labute approximate surface area is 169 Å². The number of hydrogen-bond acceptors (Lipinski definition) is 6. The van der Waals surface area contributed by atoms with Crippen LogP contribution < -0.4 is 5.32 Å². The van der Waals surface area contributed by atoms with Gasteiger partial charge in [-0.3, -0.25) is 0 Å². The van der Waals surface area contributed by atoms with E-state index in [-0.39, 0.29) is 10.6 Å². The van der Waals surface area contributed by atoms with Crippen LogP contribution in [0.1, 0.15) is 24.8 Å². The third kappa shape index (κ3) is 4.08. The Hall–Kier alpha value is -2.69. The molecule has 0 aliphatic carbocycles. The quantitative estimate of drug-likeness (QED) is 0.642. The Morgan fingerprint density at radius 3 is 2.25 bits per heavy atom. The normalized spacial score (nSPS) is 12.7. The van der Waals surface area contributed by atoms with Gasteiger partial charge in [-0.15, -0.1) is 0 Å². The van der Waals surface area contributed by atoms with E-state index in [2.05, 4.69) is 15.3 Å². The maximum absolute atomic E-state index is 13.1. The first-order valence-corrected chi connectivity index (χ1v) is 10.6. The number of rotatable bonds is 6. The summed E-state index contributed by atoms with van der Waals surface area (Å²) in [5, 5.41) is 11.8. The largest absolute Gasteiger partial charge is 0.368 e. The highest BCUT2D eigenvalue weighted by atomic mass is 35.5. The van der Waals surface area contributed by atoms with E-state index in [4.69, 9.17) is 11.6 Å². The molecule has 1 heterocycles. The lowest BCUT2D eigenvalue weighted by molar-refractivity contribution is 0.590. The molecule has 3 rings (SSSR count). The van der Waals surface area contributed by atoms with Gasteiger partial charge in [0.1, 0.15) is 5.69 Å². The molecule has 1 atom stereocenters. The smallest absolute Gasteiger partial charge is 0.200 e. The first-order chi connectivity index (χ1) is 13.3. The third-order valence-corrected chi connectivity index (χ3v) is 6.22. The van der Waals surface area contributed by atoms with Gasteiger partial charge in [-0.1, -0.05) is 37.6 Å². The van der Waals surface area contributed by atoms with E-state index < -0.39 is 15.1 Å². The van der Waals surface area contributed by atoms with Gasteiger partial charge in [0.15, 0.2) is 11.1 Å². The van der Waals surface area contributed by atoms with Crippen LogP contribution in [0.5, 0.6) is 0 Å². The van der Waals surface area contributed by atoms with Crippen LogP contribution in [0.4, 0.5) is 5.82 Å². The number of para-hydroxylation sites is 2. The van der Waals surface area contributed by atoms with Crippen LogP contribution >= 0.6 is 11.6 Å². The number of sulfone groups is 1. The number of nitrogens with one attached hydrogen (secondary N) is 1. The SMILES string of the molecule is CC(C)CNc1nc2ccccc2nc1[C@H](C#N)S(=O)(=O)c1ccc(Cl)cc1. The van der Waals surface area contributed by atoms with Gasteiger partial charge in [-0.2, -0.15) is 5.26 Å². The zero-order valence-electron chi connectivity index (χ0n) is 15.4. The Morgan fingerprint density at radius 1 is 1.07 bits per heavy atom. The lowest BCUT2D eigenvalue weighted by Crippen LogP contribution is -2.18. The van der Waals surface area contributed by atoms with Gasteiger partial charge < -0.3 is 5.32 Å². The second kappa shape index (κ2) is 8.13. The summed E-state index contributed by atoms with van der Waals surface area (Å²) >= 11 is 5.86. The molecule has 0 saturated heterocycles. The average molecular weight is 415 g/mol. The first-order valence-electron chi connectivity index (χ1n) is 8.72. The molecule has 0 amide bonds. The van der Waals surface area contributed by atoms with Crippen molar-refractivity contribution in [2.75, 3.05) is 11.9 Å². The number of nitrogens with zero attached hydrogens (tertiary/aromatic N) is 3. The summed E-state index contributed by atoms with van der Waals surface area (Å²) in [6.45, 7) is 4.61. The zero-order chi connectivity index (χ0) is 20.3. The minimum atomic E-state index is -4.01. The number of anilines is 1. The molecule has 0 unspecified atom stereocenters. The fourth-order valence-corrected chi connectivity index (χ4v) is 4.18. The predicted molar refractivity (Wildman–Crippen MR) is 110 cm³/mol. The Morgan fingerprint density at radius 2 is 1.68 bits per heavy atom. The van der Waals surface area contributed by atoms with Crippen molar-refractivity contribution < 1.29 is 8.42 Å². The first kappa shape index (κ1) is 20.1. The molecule has 0 spiro atoms. The average Bonchev–Trinajstić information content (AvgIpc) is 2.67. The molecular weight excluding hydrogens is 396 g/mol. The Bertz CT molecular complexity index is 1140. The van der Waals surface area contributed by atoms with Crippen LogP contribution in [-0.2, 0) is 9.84 Å². The minimum Gasteiger partial charge on any atom is -0.368 e. The lowest BCUT2D eigenvalue weighted by Gasteiger charge is -2.17. The summed E-state index contributed by atoms with van der Waals surface area (Å²) in [4.78, 5) is 9.02. The van der Waals surface area contributed by atoms with Crippen molar-refractivity contribution in [1.82, 2.24) is 9.97 Å². The molecule has 0 radical (unpaired) electrons. The van der Waals surface area contributed by atoms with Crippen LogP contribution in [-0.4, -0.2) is 24.9 Å². The van der Waals surface area contributed by atoms with E-state index >= 15 is 0 Å². The second-order valence-electron chi connectivity index (χ2n) is 6.73. The minimum absolute atomic E-state index is 0.00761. The van der Waals surface area contributed by atoms with Gasteiger partial charge in [-0.05, 0) is 42.3 Å². The molecular formula is C20H19ClN4O2S. The van der Waals surface area contributed by atoms with E-state index in [1.807, 2.05) is 26.0 Å². The van der Waals surface area contributed by atoms with Crippen LogP contribution in [0.3, 0.4) is 0 Å². The third-order valence-electron chi connectivity index (χ3n) is 4.09. The van der Waals surface area contributed by atoms with Crippen molar-refractivity contribution >= 4 is 38.3 Å². The summed E-state index contributed by atoms with van der Waals surface area (Å²) < 4.78 is 26.3. The molecule has 144 valence electrons. The van der Waals surface area contributed by atoms with Crippen molar-refractivity contribution in [3.8, 4) is 6.07 Å². The number of aromatic nitrogens is 2. The molecule has 0 bridgehead atoms. The van der Waals surface area contributed by atoms with Gasteiger partial charge >= 0.3 is 0 Å². The molecule has 0 saturated carbocycles. The standard InChI is InChI=1S/C20H19ClN4O2S/c1-13(2)12-23-20-19(24-16-5-3-4-6-17(16)25-20)18(11-22)28(26,27)15-9-7-14(21)8-10-15/h3-10,13,18H,12H2,1-2H3,(H,23,25)/t18-/m0/s1. The summed E-state index contributed by atoms with van der Waals surface area (Å²) in [5.74, 6) is 0.603. The number of hydrogen-bond donors (Lipinski definition) is 1. The fraction of sp³-hybridized carbons (Fsp3) is 0.250. The number of benzene rings is 2. The maximum atomic E-state index is 13.1. The van der Waals surface area contributed by atoms with E-state index in [9.17, 15) is 13.7 Å². The number of halogens is 1. The topological polar surface area (TPSA) is 95.7 Å². The molecule has 8 heteroatoms. The zero-order valence-corrected chi connectivity index (χ0v) is 17.0. The van der Waals surface area contributed by atoms with Crippen molar-refractivity contribution in [2.45, 2.75) is 24.0 Å². The molecule has 0 aliphatic heterocycles.